The lowest BCUT2D eigenvalue weighted by molar-refractivity contribution is 0.419. The van der Waals surface area contributed by atoms with Crippen LogP contribution in [0.2, 0.25) is 0 Å². The molecular formula is C12H14F3N. The molecule has 0 radical (unpaired) electrons. The first-order valence-electron chi connectivity index (χ1n) is 5.44. The van der Waals surface area contributed by atoms with Crippen LogP contribution in [0.5, 0.6) is 0 Å². The van der Waals surface area contributed by atoms with Crippen molar-refractivity contribution in [2.24, 2.45) is 5.92 Å². The summed E-state index contributed by atoms with van der Waals surface area (Å²) in [5.41, 5.74) is 0.216. The van der Waals surface area contributed by atoms with Gasteiger partial charge in [0.1, 0.15) is 0 Å². The fourth-order valence-corrected chi connectivity index (χ4v) is 1.90. The summed E-state index contributed by atoms with van der Waals surface area (Å²) in [6, 6.07) is 2.06. The minimum absolute atomic E-state index is 0.216. The minimum atomic E-state index is -1.38. The van der Waals surface area contributed by atoms with Gasteiger partial charge in [-0.15, -0.1) is 0 Å². The Morgan fingerprint density at radius 2 is 1.94 bits per heavy atom. The van der Waals surface area contributed by atoms with Gasteiger partial charge >= 0.3 is 0 Å². The molecule has 1 N–H and O–H groups in total. The Balaban J connectivity index is 2.26. The predicted octanol–water partition coefficient (Wildman–Crippen LogP) is 3.16. The highest BCUT2D eigenvalue weighted by Gasteiger charge is 2.28. The largest absolute Gasteiger partial charge is 0.313 e. The number of hydrogen-bond donors (Lipinski definition) is 1. The van der Waals surface area contributed by atoms with Gasteiger partial charge < -0.3 is 5.32 Å². The molecule has 1 aliphatic carbocycles. The second kappa shape index (κ2) is 4.45. The number of nitrogens with one attached hydrogen (secondary N) is 1. The molecule has 0 amide bonds. The molecule has 2 rings (SSSR count). The first-order valence-corrected chi connectivity index (χ1v) is 5.44. The van der Waals surface area contributed by atoms with E-state index in [-0.39, 0.29) is 11.6 Å². The van der Waals surface area contributed by atoms with Crippen molar-refractivity contribution in [3.63, 3.8) is 0 Å². The topological polar surface area (TPSA) is 12.0 Å². The number of benzene rings is 1. The molecule has 88 valence electrons. The van der Waals surface area contributed by atoms with Gasteiger partial charge in [-0.1, -0.05) is 18.9 Å². The first kappa shape index (κ1) is 11.5. The van der Waals surface area contributed by atoms with Crippen molar-refractivity contribution in [2.45, 2.75) is 25.3 Å². The molecule has 1 aliphatic rings. The highest BCUT2D eigenvalue weighted by Crippen LogP contribution is 2.38. The summed E-state index contributed by atoms with van der Waals surface area (Å²) in [5, 5.41) is 2.95. The van der Waals surface area contributed by atoms with Crippen molar-refractivity contribution in [2.75, 3.05) is 7.05 Å². The Morgan fingerprint density at radius 3 is 2.50 bits per heavy atom. The average molecular weight is 229 g/mol. The lowest BCUT2D eigenvalue weighted by Gasteiger charge is -2.17. The molecule has 16 heavy (non-hydrogen) atoms. The Morgan fingerprint density at radius 1 is 1.25 bits per heavy atom. The van der Waals surface area contributed by atoms with Crippen LogP contribution in [0.1, 0.15) is 30.9 Å². The summed E-state index contributed by atoms with van der Waals surface area (Å²) < 4.78 is 39.3. The normalized spacial score (nSPS) is 17.5. The zero-order chi connectivity index (χ0) is 11.7. The third-order valence-corrected chi connectivity index (χ3v) is 3.05. The molecule has 1 nitrogen and oxygen atoms in total. The van der Waals surface area contributed by atoms with Crippen LogP contribution in [0.25, 0.3) is 0 Å². The molecule has 1 saturated carbocycles. The van der Waals surface area contributed by atoms with Crippen molar-refractivity contribution >= 4 is 0 Å². The average Bonchev–Trinajstić information content (AvgIpc) is 3.07. The van der Waals surface area contributed by atoms with Gasteiger partial charge in [-0.25, -0.2) is 13.2 Å². The maximum atomic E-state index is 13.5. The van der Waals surface area contributed by atoms with Crippen molar-refractivity contribution in [3.8, 4) is 0 Å². The van der Waals surface area contributed by atoms with Gasteiger partial charge in [-0.05, 0) is 25.5 Å². The van der Waals surface area contributed by atoms with E-state index in [9.17, 15) is 13.2 Å². The van der Waals surface area contributed by atoms with Crippen molar-refractivity contribution in [1.29, 1.82) is 0 Å². The van der Waals surface area contributed by atoms with Gasteiger partial charge in [0.15, 0.2) is 17.5 Å². The van der Waals surface area contributed by atoms with Gasteiger partial charge in [0, 0.05) is 11.6 Å². The minimum Gasteiger partial charge on any atom is -0.313 e. The Labute approximate surface area is 92.7 Å². The van der Waals surface area contributed by atoms with Crippen LogP contribution in [0, 0.1) is 23.4 Å². The van der Waals surface area contributed by atoms with E-state index < -0.39 is 17.5 Å². The molecule has 1 atom stereocenters. The van der Waals surface area contributed by atoms with Crippen LogP contribution in [0.3, 0.4) is 0 Å². The van der Waals surface area contributed by atoms with Crippen LogP contribution in [0.4, 0.5) is 13.2 Å². The zero-order valence-electron chi connectivity index (χ0n) is 9.06. The van der Waals surface area contributed by atoms with Crippen LogP contribution < -0.4 is 5.32 Å². The molecule has 4 heteroatoms. The molecule has 0 aliphatic heterocycles. The SMILES string of the molecule is CNC(CC1CC1)c1ccc(F)c(F)c1F. The van der Waals surface area contributed by atoms with E-state index in [1.807, 2.05) is 0 Å². The monoisotopic (exact) mass is 229 g/mol. The van der Waals surface area contributed by atoms with E-state index in [0.29, 0.717) is 5.92 Å². The molecule has 0 saturated heterocycles. The Kier molecular flexibility index (Phi) is 3.19. The van der Waals surface area contributed by atoms with E-state index in [0.717, 1.165) is 25.3 Å². The van der Waals surface area contributed by atoms with Crippen LogP contribution >= 0.6 is 0 Å². The Hall–Kier alpha value is -1.03. The van der Waals surface area contributed by atoms with E-state index in [4.69, 9.17) is 0 Å². The standard InChI is InChI=1S/C12H14F3N/c1-16-10(6-7-2-3-7)8-4-5-9(13)12(15)11(8)14/h4-5,7,10,16H,2-3,6H2,1H3. The molecule has 1 aromatic carbocycles. The van der Waals surface area contributed by atoms with Gasteiger partial charge in [-0.3, -0.25) is 0 Å². The second-order valence-corrected chi connectivity index (χ2v) is 4.28. The van der Waals surface area contributed by atoms with Crippen LogP contribution in [-0.4, -0.2) is 7.05 Å². The molecule has 1 fully saturated rings. The van der Waals surface area contributed by atoms with Gasteiger partial charge in [0.2, 0.25) is 0 Å². The van der Waals surface area contributed by atoms with E-state index >= 15 is 0 Å². The predicted molar refractivity (Wildman–Crippen MR) is 55.5 cm³/mol. The lowest BCUT2D eigenvalue weighted by Crippen LogP contribution is -2.19. The maximum absolute atomic E-state index is 13.5. The fourth-order valence-electron chi connectivity index (χ4n) is 1.90. The van der Waals surface area contributed by atoms with Crippen LogP contribution in [-0.2, 0) is 0 Å². The van der Waals surface area contributed by atoms with Crippen LogP contribution in [0.15, 0.2) is 12.1 Å². The summed E-state index contributed by atoms with van der Waals surface area (Å²) in [5.74, 6) is -3.00. The van der Waals surface area contributed by atoms with Gasteiger partial charge in [0.05, 0.1) is 0 Å². The molecule has 0 bridgehead atoms. The van der Waals surface area contributed by atoms with Gasteiger partial charge in [0.25, 0.3) is 0 Å². The lowest BCUT2D eigenvalue weighted by atomic mass is 10.0. The fraction of sp³-hybridized carbons (Fsp3) is 0.500. The number of rotatable bonds is 4. The van der Waals surface area contributed by atoms with E-state index in [1.54, 1.807) is 7.05 Å². The highest BCUT2D eigenvalue weighted by atomic mass is 19.2. The summed E-state index contributed by atoms with van der Waals surface area (Å²) >= 11 is 0. The first-order chi connectivity index (χ1) is 7.63. The van der Waals surface area contributed by atoms with Crippen molar-refractivity contribution in [3.05, 3.63) is 35.1 Å². The summed E-state index contributed by atoms with van der Waals surface area (Å²) in [4.78, 5) is 0. The highest BCUT2D eigenvalue weighted by molar-refractivity contribution is 5.23. The Bertz CT molecular complexity index is 388. The summed E-state index contributed by atoms with van der Waals surface area (Å²) in [7, 11) is 1.70. The molecule has 0 heterocycles. The molecular weight excluding hydrogens is 215 g/mol. The second-order valence-electron chi connectivity index (χ2n) is 4.28. The molecule has 1 unspecified atom stereocenters. The molecule has 0 spiro atoms. The zero-order valence-corrected chi connectivity index (χ0v) is 9.06. The quantitative estimate of drug-likeness (QED) is 0.782. The van der Waals surface area contributed by atoms with E-state index in [1.165, 1.54) is 6.07 Å². The third-order valence-electron chi connectivity index (χ3n) is 3.05. The number of hydrogen-bond acceptors (Lipinski definition) is 1. The van der Waals surface area contributed by atoms with Gasteiger partial charge in [-0.2, -0.15) is 0 Å². The van der Waals surface area contributed by atoms with Crippen molar-refractivity contribution in [1.82, 2.24) is 5.32 Å². The molecule has 1 aromatic rings. The van der Waals surface area contributed by atoms with E-state index in [2.05, 4.69) is 5.32 Å². The molecule has 0 aromatic heterocycles. The summed E-state index contributed by atoms with van der Waals surface area (Å²) in [6.07, 6.45) is 3.06. The maximum Gasteiger partial charge on any atom is 0.194 e. The smallest absolute Gasteiger partial charge is 0.194 e. The number of halogens is 3. The summed E-state index contributed by atoms with van der Waals surface area (Å²) in [6.45, 7) is 0. The third kappa shape index (κ3) is 2.21. The van der Waals surface area contributed by atoms with Crippen molar-refractivity contribution < 1.29 is 13.2 Å².